The maximum Gasteiger partial charge on any atom is 0.270 e. The lowest BCUT2D eigenvalue weighted by Crippen LogP contribution is -2.54. The highest BCUT2D eigenvalue weighted by atomic mass is 127. The lowest BCUT2D eigenvalue weighted by molar-refractivity contribution is -0.122. The molecule has 0 aliphatic carbocycles. The number of hydrogen-bond acceptors (Lipinski definition) is 5. The number of rotatable bonds is 7. The third kappa shape index (κ3) is 6.00. The Hall–Kier alpha value is -2.66. The molecule has 0 bridgehead atoms. The molecule has 0 radical (unpaired) electrons. The van der Waals surface area contributed by atoms with Crippen LogP contribution in [0.15, 0.2) is 66.2 Å². The standard InChI is InChI=1S/C26H19Cl2IN2O4S/c1-2-34-22-13-16(12-21(29)23(22)35-14-15-3-5-17(27)6-4-15)11-20-24(32)30-26(36)31(25(20)33)19-9-7-18(28)8-10-19/h3-13H,2,14H2,1H3,(H,30,32,36)/b20-11+. The summed E-state index contributed by atoms with van der Waals surface area (Å²) in [5.41, 5.74) is 1.98. The van der Waals surface area contributed by atoms with E-state index in [1.165, 1.54) is 11.0 Å². The minimum absolute atomic E-state index is 0.00000533. The number of halogens is 3. The van der Waals surface area contributed by atoms with E-state index < -0.39 is 11.8 Å². The van der Waals surface area contributed by atoms with Gasteiger partial charge in [-0.1, -0.05) is 35.3 Å². The second-order valence-electron chi connectivity index (χ2n) is 7.61. The van der Waals surface area contributed by atoms with Gasteiger partial charge in [0.15, 0.2) is 16.6 Å². The molecule has 3 aromatic carbocycles. The van der Waals surface area contributed by atoms with Crippen molar-refractivity contribution in [2.45, 2.75) is 13.5 Å². The Balaban J connectivity index is 1.65. The van der Waals surface area contributed by atoms with Gasteiger partial charge >= 0.3 is 0 Å². The van der Waals surface area contributed by atoms with Crippen molar-refractivity contribution in [2.24, 2.45) is 0 Å². The van der Waals surface area contributed by atoms with Gasteiger partial charge in [0.25, 0.3) is 11.8 Å². The van der Waals surface area contributed by atoms with Crippen LogP contribution in [0.3, 0.4) is 0 Å². The molecule has 10 heteroatoms. The van der Waals surface area contributed by atoms with E-state index in [2.05, 4.69) is 27.9 Å². The van der Waals surface area contributed by atoms with E-state index >= 15 is 0 Å². The number of nitrogens with one attached hydrogen (secondary N) is 1. The molecule has 2 amide bonds. The van der Waals surface area contributed by atoms with Gasteiger partial charge in [0.2, 0.25) is 0 Å². The summed E-state index contributed by atoms with van der Waals surface area (Å²) in [7, 11) is 0. The number of nitrogens with zero attached hydrogens (tertiary/aromatic N) is 1. The fourth-order valence-corrected chi connectivity index (χ4v) is 4.77. The molecule has 0 saturated carbocycles. The minimum atomic E-state index is -0.578. The summed E-state index contributed by atoms with van der Waals surface area (Å²) in [6.07, 6.45) is 1.51. The highest BCUT2D eigenvalue weighted by Crippen LogP contribution is 2.36. The third-order valence-corrected chi connectivity index (χ3v) is 6.72. The molecule has 1 aliphatic rings. The molecule has 3 aromatic rings. The van der Waals surface area contributed by atoms with Crippen LogP contribution in [0.5, 0.6) is 11.5 Å². The summed E-state index contributed by atoms with van der Waals surface area (Å²) in [6.45, 7) is 2.59. The molecule has 0 aromatic heterocycles. The van der Waals surface area contributed by atoms with E-state index in [1.807, 2.05) is 25.1 Å². The van der Waals surface area contributed by atoms with E-state index in [0.29, 0.717) is 46.0 Å². The number of ether oxygens (including phenoxy) is 2. The first-order chi connectivity index (χ1) is 17.3. The molecular formula is C26H19Cl2IN2O4S. The number of amides is 2. The van der Waals surface area contributed by atoms with Gasteiger partial charge in [-0.05, 0) is 107 Å². The topological polar surface area (TPSA) is 67.9 Å². The molecule has 6 nitrogen and oxygen atoms in total. The highest BCUT2D eigenvalue weighted by Gasteiger charge is 2.34. The summed E-state index contributed by atoms with van der Waals surface area (Å²) in [6, 6.07) is 17.5. The molecule has 4 rings (SSSR count). The number of anilines is 1. The van der Waals surface area contributed by atoms with Crippen molar-refractivity contribution in [2.75, 3.05) is 11.5 Å². The van der Waals surface area contributed by atoms with Crippen LogP contribution in [0, 0.1) is 3.57 Å². The maximum absolute atomic E-state index is 13.3. The average Bonchev–Trinajstić information content (AvgIpc) is 2.83. The summed E-state index contributed by atoms with van der Waals surface area (Å²) in [5, 5.41) is 3.75. The van der Waals surface area contributed by atoms with Crippen LogP contribution in [0.4, 0.5) is 5.69 Å². The first kappa shape index (κ1) is 26.4. The smallest absolute Gasteiger partial charge is 0.270 e. The van der Waals surface area contributed by atoms with Crippen LogP contribution in [-0.2, 0) is 16.2 Å². The van der Waals surface area contributed by atoms with E-state index in [1.54, 1.807) is 42.5 Å². The number of hydrogen-bond donors (Lipinski definition) is 1. The Morgan fingerprint density at radius 2 is 1.64 bits per heavy atom. The molecule has 0 unspecified atom stereocenters. The van der Waals surface area contributed by atoms with Gasteiger partial charge < -0.3 is 9.47 Å². The third-order valence-electron chi connectivity index (χ3n) is 5.13. The summed E-state index contributed by atoms with van der Waals surface area (Å²) >= 11 is 19.3. The molecule has 0 atom stereocenters. The zero-order valence-electron chi connectivity index (χ0n) is 18.9. The van der Waals surface area contributed by atoms with Gasteiger partial charge in [0.1, 0.15) is 12.2 Å². The minimum Gasteiger partial charge on any atom is -0.490 e. The molecule has 36 heavy (non-hydrogen) atoms. The van der Waals surface area contributed by atoms with Crippen molar-refractivity contribution < 1.29 is 19.1 Å². The molecule has 1 N–H and O–H groups in total. The quantitative estimate of drug-likeness (QED) is 0.138. The lowest BCUT2D eigenvalue weighted by atomic mass is 10.1. The predicted molar refractivity (Wildman–Crippen MR) is 154 cm³/mol. The first-order valence-electron chi connectivity index (χ1n) is 10.8. The Kier molecular flexibility index (Phi) is 8.50. The molecule has 184 valence electrons. The van der Waals surface area contributed by atoms with Gasteiger partial charge in [0.05, 0.1) is 15.9 Å². The van der Waals surface area contributed by atoms with Crippen molar-refractivity contribution in [3.8, 4) is 11.5 Å². The van der Waals surface area contributed by atoms with E-state index in [-0.39, 0.29) is 10.7 Å². The van der Waals surface area contributed by atoms with Crippen LogP contribution in [0.25, 0.3) is 6.08 Å². The van der Waals surface area contributed by atoms with Crippen molar-refractivity contribution in [1.29, 1.82) is 0 Å². The van der Waals surface area contributed by atoms with E-state index in [4.69, 9.17) is 44.9 Å². The Bertz CT molecular complexity index is 1360. The van der Waals surface area contributed by atoms with Gasteiger partial charge in [-0.2, -0.15) is 0 Å². The molecular weight excluding hydrogens is 634 g/mol. The SMILES string of the molecule is CCOc1cc(/C=C2\C(=O)NC(=S)N(c3ccc(Cl)cc3)C2=O)cc(I)c1OCc1ccc(Cl)cc1. The monoisotopic (exact) mass is 652 g/mol. The Morgan fingerprint density at radius 1 is 1.00 bits per heavy atom. The fourth-order valence-electron chi connectivity index (χ4n) is 3.46. The van der Waals surface area contributed by atoms with Crippen LogP contribution in [0.2, 0.25) is 10.0 Å². The van der Waals surface area contributed by atoms with Crippen LogP contribution in [-0.4, -0.2) is 23.5 Å². The Morgan fingerprint density at radius 3 is 2.28 bits per heavy atom. The molecule has 1 aliphatic heterocycles. The highest BCUT2D eigenvalue weighted by molar-refractivity contribution is 14.1. The number of carbonyl (C=O) groups is 2. The van der Waals surface area contributed by atoms with Gasteiger partial charge in [-0.25, -0.2) is 0 Å². The van der Waals surface area contributed by atoms with E-state index in [9.17, 15) is 9.59 Å². The van der Waals surface area contributed by atoms with Crippen molar-refractivity contribution in [3.05, 3.63) is 91.0 Å². The number of benzene rings is 3. The van der Waals surface area contributed by atoms with Gasteiger partial charge in [0, 0.05) is 10.0 Å². The summed E-state index contributed by atoms with van der Waals surface area (Å²) in [5.74, 6) is -0.0507. The summed E-state index contributed by atoms with van der Waals surface area (Å²) in [4.78, 5) is 27.2. The first-order valence-corrected chi connectivity index (χ1v) is 13.0. The number of carbonyl (C=O) groups excluding carboxylic acids is 2. The summed E-state index contributed by atoms with van der Waals surface area (Å²) < 4.78 is 12.6. The zero-order valence-corrected chi connectivity index (χ0v) is 23.4. The number of thiocarbonyl (C=S) groups is 1. The van der Waals surface area contributed by atoms with Crippen molar-refractivity contribution in [1.82, 2.24) is 5.32 Å². The van der Waals surface area contributed by atoms with Gasteiger partial charge in [-0.3, -0.25) is 19.8 Å². The van der Waals surface area contributed by atoms with Crippen LogP contribution >= 0.6 is 58.0 Å². The molecule has 1 heterocycles. The molecule has 1 saturated heterocycles. The van der Waals surface area contributed by atoms with Crippen LogP contribution < -0.4 is 19.7 Å². The second-order valence-corrected chi connectivity index (χ2v) is 10.0. The van der Waals surface area contributed by atoms with Crippen LogP contribution in [0.1, 0.15) is 18.1 Å². The largest absolute Gasteiger partial charge is 0.490 e. The fraction of sp³-hybridized carbons (Fsp3) is 0.115. The maximum atomic E-state index is 13.3. The van der Waals surface area contributed by atoms with Crippen molar-refractivity contribution >= 4 is 86.7 Å². The molecule has 1 fully saturated rings. The second kappa shape index (κ2) is 11.6. The average molecular weight is 653 g/mol. The molecule has 0 spiro atoms. The lowest BCUT2D eigenvalue weighted by Gasteiger charge is -2.29. The Labute approximate surface area is 237 Å². The van der Waals surface area contributed by atoms with E-state index in [0.717, 1.165) is 9.13 Å². The van der Waals surface area contributed by atoms with Crippen molar-refractivity contribution in [3.63, 3.8) is 0 Å². The predicted octanol–water partition coefficient (Wildman–Crippen LogP) is 6.41. The zero-order chi connectivity index (χ0) is 25.8. The van der Waals surface area contributed by atoms with Gasteiger partial charge in [-0.15, -0.1) is 0 Å². The normalized spacial score (nSPS) is 14.7.